The highest BCUT2D eigenvalue weighted by Gasteiger charge is 2.27. The van der Waals surface area contributed by atoms with E-state index in [2.05, 4.69) is 52.1 Å². The van der Waals surface area contributed by atoms with Gasteiger partial charge in [-0.1, -0.05) is 36.8 Å². The number of nitrogens with zero attached hydrogens (tertiary/aromatic N) is 1. The third-order valence-electron chi connectivity index (χ3n) is 4.68. The van der Waals surface area contributed by atoms with Gasteiger partial charge in [0, 0.05) is 32.2 Å². The van der Waals surface area contributed by atoms with Gasteiger partial charge < -0.3 is 20.7 Å². The Morgan fingerprint density at radius 1 is 1.18 bits per heavy atom. The summed E-state index contributed by atoms with van der Waals surface area (Å²) in [5.41, 5.74) is 2.49. The van der Waals surface area contributed by atoms with Gasteiger partial charge in [-0.3, -0.25) is 4.79 Å². The zero-order valence-electron chi connectivity index (χ0n) is 17.3. The number of nitrogens with one attached hydrogen (secondary N) is 3. The summed E-state index contributed by atoms with van der Waals surface area (Å²) in [6.45, 7) is 9.31. The van der Waals surface area contributed by atoms with Crippen molar-refractivity contribution in [1.82, 2.24) is 16.0 Å². The molecule has 0 saturated carbocycles. The fourth-order valence-corrected chi connectivity index (χ4v) is 3.22. The Morgan fingerprint density at radius 2 is 1.93 bits per heavy atom. The van der Waals surface area contributed by atoms with E-state index in [9.17, 15) is 4.79 Å². The molecule has 1 aromatic rings. The van der Waals surface area contributed by atoms with Crippen LogP contribution in [0.1, 0.15) is 50.3 Å². The molecule has 1 amide bonds. The molecular formula is C21H35IN4O2. The van der Waals surface area contributed by atoms with Crippen LogP contribution in [0.4, 0.5) is 0 Å². The number of ether oxygens (including phenoxy) is 1. The van der Waals surface area contributed by atoms with Crippen molar-refractivity contribution in [2.45, 2.75) is 46.1 Å². The lowest BCUT2D eigenvalue weighted by Crippen LogP contribution is -2.42. The van der Waals surface area contributed by atoms with Crippen molar-refractivity contribution < 1.29 is 9.53 Å². The van der Waals surface area contributed by atoms with Crippen molar-refractivity contribution in [2.75, 3.05) is 32.8 Å². The molecule has 1 aliphatic heterocycles. The zero-order chi connectivity index (χ0) is 19.5. The van der Waals surface area contributed by atoms with Gasteiger partial charge in [0.05, 0.1) is 6.10 Å². The first-order valence-electron chi connectivity index (χ1n) is 10.1. The molecule has 1 fully saturated rings. The molecule has 1 saturated heterocycles. The van der Waals surface area contributed by atoms with Gasteiger partial charge in [-0.15, -0.1) is 24.0 Å². The number of amides is 1. The average molecular weight is 502 g/mol. The third-order valence-corrected chi connectivity index (χ3v) is 4.68. The molecule has 6 nitrogen and oxygen atoms in total. The van der Waals surface area contributed by atoms with E-state index in [4.69, 9.17) is 4.74 Å². The molecule has 1 aromatic carbocycles. The minimum absolute atomic E-state index is 0. The number of benzene rings is 1. The van der Waals surface area contributed by atoms with Crippen LogP contribution < -0.4 is 16.0 Å². The molecule has 158 valence electrons. The van der Waals surface area contributed by atoms with Crippen LogP contribution in [0, 0.1) is 12.8 Å². The second kappa shape index (κ2) is 13.8. The highest BCUT2D eigenvalue weighted by Crippen LogP contribution is 2.33. The van der Waals surface area contributed by atoms with Gasteiger partial charge in [-0.2, -0.15) is 0 Å². The summed E-state index contributed by atoms with van der Waals surface area (Å²) in [5.74, 6) is 1.00. The summed E-state index contributed by atoms with van der Waals surface area (Å²) >= 11 is 0. The first kappa shape index (κ1) is 24.7. The van der Waals surface area contributed by atoms with Gasteiger partial charge in [-0.25, -0.2) is 4.99 Å². The van der Waals surface area contributed by atoms with Crippen LogP contribution in [0.25, 0.3) is 0 Å². The normalized spacial score (nSPS) is 19.5. The highest BCUT2D eigenvalue weighted by atomic mass is 127. The van der Waals surface area contributed by atoms with E-state index in [1.165, 1.54) is 11.1 Å². The van der Waals surface area contributed by atoms with Crippen LogP contribution in [0.5, 0.6) is 0 Å². The SMILES string of the molecule is CCCNC(=O)CN=C(NCC)NCC1CCCOC1c1ccc(C)cc1.I. The number of guanidine groups is 1. The minimum atomic E-state index is -0.0485. The number of halogens is 1. The summed E-state index contributed by atoms with van der Waals surface area (Å²) in [4.78, 5) is 16.2. The summed E-state index contributed by atoms with van der Waals surface area (Å²) in [6.07, 6.45) is 3.21. The number of hydrogen-bond acceptors (Lipinski definition) is 3. The Bertz CT molecular complexity index is 607. The maximum Gasteiger partial charge on any atom is 0.241 e. The van der Waals surface area contributed by atoms with Crippen molar-refractivity contribution in [2.24, 2.45) is 10.9 Å². The van der Waals surface area contributed by atoms with E-state index in [-0.39, 0.29) is 42.5 Å². The van der Waals surface area contributed by atoms with Gasteiger partial charge in [0.2, 0.25) is 5.91 Å². The molecule has 0 radical (unpaired) electrons. The van der Waals surface area contributed by atoms with E-state index >= 15 is 0 Å². The molecule has 0 bridgehead atoms. The van der Waals surface area contributed by atoms with Crippen molar-refractivity contribution in [3.05, 3.63) is 35.4 Å². The molecule has 1 aliphatic rings. The Hall–Kier alpha value is -1.35. The maximum atomic E-state index is 11.8. The Morgan fingerprint density at radius 3 is 2.61 bits per heavy atom. The molecule has 3 N–H and O–H groups in total. The number of rotatable bonds is 8. The Kier molecular flexibility index (Phi) is 12.1. The number of hydrogen-bond donors (Lipinski definition) is 3. The van der Waals surface area contributed by atoms with Crippen LogP contribution in [-0.2, 0) is 9.53 Å². The summed E-state index contributed by atoms with van der Waals surface area (Å²) in [5, 5.41) is 9.45. The second-order valence-corrected chi connectivity index (χ2v) is 7.03. The molecule has 2 rings (SSSR count). The number of carbonyl (C=O) groups excluding carboxylic acids is 1. The molecule has 1 heterocycles. The van der Waals surface area contributed by atoms with E-state index in [1.54, 1.807) is 0 Å². The van der Waals surface area contributed by atoms with Crippen LogP contribution >= 0.6 is 24.0 Å². The second-order valence-electron chi connectivity index (χ2n) is 7.03. The standard InChI is InChI=1S/C21H34N4O2.HI/c1-4-12-23-19(26)15-25-21(22-5-2)24-14-18-7-6-13-27-20(18)17-10-8-16(3)9-11-17;/h8-11,18,20H,4-7,12-15H2,1-3H3,(H,23,26)(H2,22,24,25);1H. The van der Waals surface area contributed by atoms with E-state index < -0.39 is 0 Å². The van der Waals surface area contributed by atoms with Crippen LogP contribution in [0.3, 0.4) is 0 Å². The molecule has 7 heteroatoms. The molecule has 0 aromatic heterocycles. The number of aliphatic imine (C=N–C) groups is 1. The topological polar surface area (TPSA) is 74.8 Å². The molecule has 2 unspecified atom stereocenters. The average Bonchev–Trinajstić information content (AvgIpc) is 2.69. The van der Waals surface area contributed by atoms with E-state index in [1.807, 2.05) is 13.8 Å². The van der Waals surface area contributed by atoms with Gasteiger partial charge in [0.15, 0.2) is 5.96 Å². The summed E-state index contributed by atoms with van der Waals surface area (Å²) < 4.78 is 6.09. The largest absolute Gasteiger partial charge is 0.373 e. The Labute approximate surface area is 186 Å². The Balaban J connectivity index is 0.00000392. The molecule has 2 atom stereocenters. The molecule has 0 aliphatic carbocycles. The van der Waals surface area contributed by atoms with Gasteiger partial charge >= 0.3 is 0 Å². The smallest absolute Gasteiger partial charge is 0.241 e. The summed E-state index contributed by atoms with van der Waals surface area (Å²) in [6, 6.07) is 8.60. The van der Waals surface area contributed by atoms with Gasteiger partial charge in [-0.05, 0) is 38.7 Å². The van der Waals surface area contributed by atoms with Crippen molar-refractivity contribution in [3.8, 4) is 0 Å². The van der Waals surface area contributed by atoms with E-state index in [0.29, 0.717) is 18.4 Å². The lowest BCUT2D eigenvalue weighted by atomic mass is 9.89. The zero-order valence-corrected chi connectivity index (χ0v) is 19.6. The number of aryl methyl sites for hydroxylation is 1. The predicted octanol–water partition coefficient (Wildman–Crippen LogP) is 3.16. The summed E-state index contributed by atoms with van der Waals surface area (Å²) in [7, 11) is 0. The fourth-order valence-electron chi connectivity index (χ4n) is 3.22. The monoisotopic (exact) mass is 502 g/mol. The lowest BCUT2D eigenvalue weighted by molar-refractivity contribution is -0.119. The predicted molar refractivity (Wildman–Crippen MR) is 125 cm³/mol. The molecular weight excluding hydrogens is 467 g/mol. The molecule has 28 heavy (non-hydrogen) atoms. The van der Waals surface area contributed by atoms with Crippen LogP contribution in [-0.4, -0.2) is 44.7 Å². The van der Waals surface area contributed by atoms with Crippen molar-refractivity contribution in [1.29, 1.82) is 0 Å². The lowest BCUT2D eigenvalue weighted by Gasteiger charge is -2.32. The van der Waals surface area contributed by atoms with Gasteiger partial charge in [0.1, 0.15) is 6.54 Å². The first-order chi connectivity index (χ1) is 13.1. The third kappa shape index (κ3) is 8.34. The van der Waals surface area contributed by atoms with Crippen LogP contribution in [0.2, 0.25) is 0 Å². The highest BCUT2D eigenvalue weighted by molar-refractivity contribution is 14.0. The van der Waals surface area contributed by atoms with Gasteiger partial charge in [0.25, 0.3) is 0 Å². The molecule has 0 spiro atoms. The first-order valence-corrected chi connectivity index (χ1v) is 10.1. The van der Waals surface area contributed by atoms with Crippen molar-refractivity contribution >= 4 is 35.8 Å². The number of carbonyl (C=O) groups is 1. The maximum absolute atomic E-state index is 11.8. The quantitative estimate of drug-likeness (QED) is 0.290. The fraction of sp³-hybridized carbons (Fsp3) is 0.619. The van der Waals surface area contributed by atoms with Crippen LogP contribution in [0.15, 0.2) is 29.3 Å². The van der Waals surface area contributed by atoms with E-state index in [0.717, 1.165) is 39.0 Å². The minimum Gasteiger partial charge on any atom is -0.373 e. The van der Waals surface area contributed by atoms with Crippen molar-refractivity contribution in [3.63, 3.8) is 0 Å².